The van der Waals surface area contributed by atoms with Crippen molar-refractivity contribution in [2.24, 2.45) is 5.73 Å². The number of carbonyl (C=O) groups is 1. The molecule has 106 valence electrons. The van der Waals surface area contributed by atoms with Gasteiger partial charge in [0.2, 0.25) is 0 Å². The molecule has 0 aliphatic rings. The monoisotopic (exact) mass is 273 g/mol. The van der Waals surface area contributed by atoms with E-state index >= 15 is 0 Å². The molecule has 3 N–H and O–H groups in total. The molecule has 2 aromatic carbocycles. The van der Waals surface area contributed by atoms with Crippen molar-refractivity contribution in [3.8, 4) is 5.75 Å². The third kappa shape index (κ3) is 3.27. The van der Waals surface area contributed by atoms with Crippen molar-refractivity contribution in [2.75, 3.05) is 7.11 Å². The van der Waals surface area contributed by atoms with Gasteiger partial charge >= 0.3 is 5.97 Å². The van der Waals surface area contributed by atoms with Crippen LogP contribution in [0.1, 0.15) is 18.4 Å². The van der Waals surface area contributed by atoms with Crippen LogP contribution in [0.5, 0.6) is 5.75 Å². The summed E-state index contributed by atoms with van der Waals surface area (Å²) < 4.78 is 5.36. The molecule has 0 aliphatic carbocycles. The zero-order valence-corrected chi connectivity index (χ0v) is 11.5. The Labute approximate surface area is 118 Å². The van der Waals surface area contributed by atoms with Crippen molar-refractivity contribution in [1.29, 1.82) is 0 Å². The van der Waals surface area contributed by atoms with Crippen molar-refractivity contribution in [3.63, 3.8) is 0 Å². The van der Waals surface area contributed by atoms with Gasteiger partial charge in [-0.2, -0.15) is 0 Å². The van der Waals surface area contributed by atoms with Gasteiger partial charge in [0.25, 0.3) is 0 Å². The molecule has 1 atom stereocenters. The average Bonchev–Trinajstić information content (AvgIpc) is 2.45. The lowest BCUT2D eigenvalue weighted by molar-refractivity contribution is -0.137. The second-order valence-corrected chi connectivity index (χ2v) is 4.87. The second kappa shape index (κ2) is 6.39. The van der Waals surface area contributed by atoms with Gasteiger partial charge in [0, 0.05) is 17.8 Å². The zero-order chi connectivity index (χ0) is 14.5. The van der Waals surface area contributed by atoms with Crippen LogP contribution in [0.25, 0.3) is 10.8 Å². The second-order valence-electron chi connectivity index (χ2n) is 4.87. The number of benzene rings is 2. The van der Waals surface area contributed by atoms with Gasteiger partial charge < -0.3 is 15.6 Å². The summed E-state index contributed by atoms with van der Waals surface area (Å²) in [6.45, 7) is 0. The van der Waals surface area contributed by atoms with E-state index in [-0.39, 0.29) is 12.5 Å². The first-order valence-corrected chi connectivity index (χ1v) is 6.64. The Bertz CT molecular complexity index is 610. The Kier molecular flexibility index (Phi) is 4.58. The molecule has 0 aliphatic heterocycles. The van der Waals surface area contributed by atoms with Gasteiger partial charge in [0.05, 0.1) is 7.11 Å². The molecule has 1 unspecified atom stereocenters. The zero-order valence-electron chi connectivity index (χ0n) is 11.5. The van der Waals surface area contributed by atoms with Crippen molar-refractivity contribution < 1.29 is 14.6 Å². The maximum atomic E-state index is 10.6. The molecule has 0 saturated heterocycles. The molecule has 0 saturated carbocycles. The third-order valence-electron chi connectivity index (χ3n) is 3.41. The van der Waals surface area contributed by atoms with E-state index in [4.69, 9.17) is 15.6 Å². The molecule has 0 radical (unpaired) electrons. The summed E-state index contributed by atoms with van der Waals surface area (Å²) in [4.78, 5) is 10.6. The molecule has 4 nitrogen and oxygen atoms in total. The molecule has 0 heterocycles. The van der Waals surface area contributed by atoms with Crippen molar-refractivity contribution >= 4 is 16.7 Å². The number of methoxy groups -OCH3 is 1. The van der Waals surface area contributed by atoms with Crippen molar-refractivity contribution in [3.05, 3.63) is 42.0 Å². The number of ether oxygens (including phenoxy) is 1. The van der Waals surface area contributed by atoms with Gasteiger partial charge in [-0.05, 0) is 29.9 Å². The van der Waals surface area contributed by atoms with Gasteiger partial charge in [0.15, 0.2) is 0 Å². The van der Waals surface area contributed by atoms with Crippen LogP contribution in [-0.2, 0) is 11.2 Å². The Morgan fingerprint density at radius 3 is 2.60 bits per heavy atom. The van der Waals surface area contributed by atoms with E-state index in [1.807, 2.05) is 36.4 Å². The number of fused-ring (bicyclic) bond motifs is 1. The van der Waals surface area contributed by atoms with E-state index in [0.717, 1.165) is 22.1 Å². The number of hydrogen-bond donors (Lipinski definition) is 2. The van der Waals surface area contributed by atoms with Crippen LogP contribution in [0.3, 0.4) is 0 Å². The summed E-state index contributed by atoms with van der Waals surface area (Å²) in [5.74, 6) is 0.0310. The summed E-state index contributed by atoms with van der Waals surface area (Å²) in [7, 11) is 1.65. The first-order valence-electron chi connectivity index (χ1n) is 6.64. The minimum absolute atomic E-state index is 0.106. The topological polar surface area (TPSA) is 72.5 Å². The third-order valence-corrected chi connectivity index (χ3v) is 3.41. The molecular formula is C16H19NO3. The first kappa shape index (κ1) is 14.3. The fourth-order valence-corrected chi connectivity index (χ4v) is 2.38. The van der Waals surface area contributed by atoms with Crippen LogP contribution in [0.2, 0.25) is 0 Å². The van der Waals surface area contributed by atoms with Crippen molar-refractivity contribution in [1.82, 2.24) is 0 Å². The molecule has 0 bridgehead atoms. The fourth-order valence-electron chi connectivity index (χ4n) is 2.38. The summed E-state index contributed by atoms with van der Waals surface area (Å²) >= 11 is 0. The number of carboxylic acid groups (broad SMARTS) is 1. The Morgan fingerprint density at radius 1 is 1.25 bits per heavy atom. The summed E-state index contributed by atoms with van der Waals surface area (Å²) in [5, 5.41) is 10.9. The predicted octanol–water partition coefficient (Wildman–Crippen LogP) is 2.58. The number of nitrogens with two attached hydrogens (primary N) is 1. The number of hydrogen-bond acceptors (Lipinski definition) is 3. The average molecular weight is 273 g/mol. The quantitative estimate of drug-likeness (QED) is 0.848. The summed E-state index contributed by atoms with van der Waals surface area (Å²) in [5.41, 5.74) is 7.15. The molecule has 0 aromatic heterocycles. The Morgan fingerprint density at radius 2 is 1.95 bits per heavy atom. The lowest BCUT2D eigenvalue weighted by Crippen LogP contribution is -2.23. The normalized spacial score (nSPS) is 12.3. The molecule has 0 fully saturated rings. The molecule has 0 spiro atoms. The van der Waals surface area contributed by atoms with Gasteiger partial charge in [-0.1, -0.05) is 30.3 Å². The van der Waals surface area contributed by atoms with E-state index < -0.39 is 5.97 Å². The lowest BCUT2D eigenvalue weighted by atomic mass is 9.96. The minimum Gasteiger partial charge on any atom is -0.496 e. The van der Waals surface area contributed by atoms with Gasteiger partial charge in [0.1, 0.15) is 5.75 Å². The van der Waals surface area contributed by atoms with Crippen LogP contribution in [0, 0.1) is 0 Å². The molecular weight excluding hydrogens is 254 g/mol. The molecule has 20 heavy (non-hydrogen) atoms. The Hall–Kier alpha value is -2.07. The number of carboxylic acids is 1. The number of rotatable bonds is 6. The maximum Gasteiger partial charge on any atom is 0.303 e. The highest BCUT2D eigenvalue weighted by Crippen LogP contribution is 2.29. The minimum atomic E-state index is -0.806. The molecule has 2 rings (SSSR count). The van der Waals surface area contributed by atoms with Crippen LogP contribution >= 0.6 is 0 Å². The molecule has 2 aromatic rings. The van der Waals surface area contributed by atoms with E-state index in [1.165, 1.54) is 0 Å². The van der Waals surface area contributed by atoms with E-state index in [2.05, 4.69) is 0 Å². The highest BCUT2D eigenvalue weighted by atomic mass is 16.5. The summed E-state index contributed by atoms with van der Waals surface area (Å²) in [6.07, 6.45) is 1.25. The van der Waals surface area contributed by atoms with Gasteiger partial charge in [-0.3, -0.25) is 4.79 Å². The molecule has 4 heteroatoms. The van der Waals surface area contributed by atoms with Gasteiger partial charge in [-0.25, -0.2) is 0 Å². The van der Waals surface area contributed by atoms with Crippen LogP contribution in [0.15, 0.2) is 36.4 Å². The van der Waals surface area contributed by atoms with Crippen LogP contribution in [-0.4, -0.2) is 24.2 Å². The highest BCUT2D eigenvalue weighted by molar-refractivity contribution is 5.91. The number of aliphatic carboxylic acids is 1. The largest absolute Gasteiger partial charge is 0.496 e. The van der Waals surface area contributed by atoms with Crippen LogP contribution < -0.4 is 10.5 Å². The van der Waals surface area contributed by atoms with Crippen LogP contribution in [0.4, 0.5) is 0 Å². The lowest BCUT2D eigenvalue weighted by Gasteiger charge is -2.14. The van der Waals surface area contributed by atoms with E-state index in [1.54, 1.807) is 7.11 Å². The summed E-state index contributed by atoms with van der Waals surface area (Å²) in [6, 6.07) is 11.8. The highest BCUT2D eigenvalue weighted by Gasteiger charge is 2.11. The predicted molar refractivity (Wildman–Crippen MR) is 79.0 cm³/mol. The maximum absolute atomic E-state index is 10.6. The smallest absolute Gasteiger partial charge is 0.303 e. The first-order chi connectivity index (χ1) is 9.61. The SMILES string of the molecule is COc1ccc(CC(N)CCC(=O)O)c2ccccc12. The van der Waals surface area contributed by atoms with Gasteiger partial charge in [-0.15, -0.1) is 0 Å². The van der Waals surface area contributed by atoms with Crippen molar-refractivity contribution in [2.45, 2.75) is 25.3 Å². The standard InChI is InChI=1S/C16H19NO3/c1-20-15-8-6-11(10-12(17)7-9-16(18)19)13-4-2-3-5-14(13)15/h2-6,8,12H,7,9-10,17H2,1H3,(H,18,19). The fraction of sp³-hybridized carbons (Fsp3) is 0.312. The molecule has 0 amide bonds. The van der Waals surface area contributed by atoms with E-state index in [9.17, 15) is 4.79 Å². The van der Waals surface area contributed by atoms with E-state index in [0.29, 0.717) is 12.8 Å². The Balaban J connectivity index is 2.24.